The molecule has 1 heterocycles. The highest BCUT2D eigenvalue weighted by Crippen LogP contribution is 2.19. The van der Waals surface area contributed by atoms with Crippen LogP contribution in [-0.2, 0) is 32.7 Å². The molecule has 2 N–H and O–H groups in total. The van der Waals surface area contributed by atoms with Gasteiger partial charge in [-0.05, 0) is 66.6 Å². The molecule has 4 rings (SSSR count). The lowest BCUT2D eigenvalue weighted by atomic mass is 10.2. The summed E-state index contributed by atoms with van der Waals surface area (Å²) < 4.78 is 38.5. The molecular formula is C30H30N4O6S. The number of hydrogen-bond acceptors (Lipinski definition) is 7. The number of nitrogens with zero attached hydrogens (tertiary/aromatic N) is 2. The van der Waals surface area contributed by atoms with E-state index in [1.165, 1.54) is 24.6 Å². The Morgan fingerprint density at radius 3 is 2.34 bits per heavy atom. The molecule has 0 aliphatic heterocycles. The fraction of sp³-hybridized carbons (Fsp3) is 0.167. The predicted molar refractivity (Wildman–Crippen MR) is 153 cm³/mol. The highest BCUT2D eigenvalue weighted by atomic mass is 32.2. The van der Waals surface area contributed by atoms with Gasteiger partial charge in [0.15, 0.2) is 6.61 Å². The normalized spacial score (nSPS) is 11.5. The number of rotatable bonds is 13. The minimum absolute atomic E-state index is 0.0243. The molecule has 0 aliphatic carbocycles. The summed E-state index contributed by atoms with van der Waals surface area (Å²) in [5, 5.41) is 6.65. The van der Waals surface area contributed by atoms with Crippen molar-refractivity contribution in [2.24, 2.45) is 5.10 Å². The summed E-state index contributed by atoms with van der Waals surface area (Å²) in [4.78, 5) is 24.7. The van der Waals surface area contributed by atoms with E-state index in [0.29, 0.717) is 17.1 Å². The Morgan fingerprint density at radius 2 is 1.66 bits per heavy atom. The van der Waals surface area contributed by atoms with E-state index in [1.807, 2.05) is 25.1 Å². The monoisotopic (exact) mass is 574 g/mol. The summed E-state index contributed by atoms with van der Waals surface area (Å²) in [5.41, 5.74) is 4.73. The molecule has 10 nitrogen and oxygen atoms in total. The second-order valence-corrected chi connectivity index (χ2v) is 11.0. The molecule has 4 aromatic rings. The van der Waals surface area contributed by atoms with Crippen LogP contribution in [0.5, 0.6) is 5.75 Å². The molecule has 0 fully saturated rings. The Bertz CT molecular complexity index is 1550. The molecule has 212 valence electrons. The van der Waals surface area contributed by atoms with Gasteiger partial charge < -0.3 is 14.5 Å². The van der Waals surface area contributed by atoms with Crippen LogP contribution < -0.4 is 15.5 Å². The Hall–Kier alpha value is -4.74. The van der Waals surface area contributed by atoms with Gasteiger partial charge >= 0.3 is 0 Å². The molecule has 2 amide bonds. The molecule has 0 bridgehead atoms. The zero-order chi connectivity index (χ0) is 29.1. The fourth-order valence-corrected chi connectivity index (χ4v) is 5.08. The van der Waals surface area contributed by atoms with E-state index in [0.717, 1.165) is 15.4 Å². The summed E-state index contributed by atoms with van der Waals surface area (Å²) in [6, 6.07) is 25.8. The van der Waals surface area contributed by atoms with E-state index >= 15 is 0 Å². The molecule has 0 radical (unpaired) electrons. The molecule has 1 aromatic heterocycles. The number of ether oxygens (including phenoxy) is 1. The molecule has 11 heteroatoms. The van der Waals surface area contributed by atoms with Crippen molar-refractivity contribution in [3.63, 3.8) is 0 Å². The summed E-state index contributed by atoms with van der Waals surface area (Å²) in [7, 11) is -3.95. The van der Waals surface area contributed by atoms with Crippen molar-refractivity contribution in [2.75, 3.05) is 13.2 Å². The van der Waals surface area contributed by atoms with Crippen molar-refractivity contribution in [1.29, 1.82) is 0 Å². The molecule has 0 atom stereocenters. The minimum Gasteiger partial charge on any atom is -0.484 e. The first-order chi connectivity index (χ1) is 19.8. The van der Waals surface area contributed by atoms with Crippen molar-refractivity contribution in [3.8, 4) is 5.75 Å². The van der Waals surface area contributed by atoms with Gasteiger partial charge in [0.2, 0.25) is 10.0 Å². The maximum absolute atomic E-state index is 13.4. The van der Waals surface area contributed by atoms with Crippen LogP contribution in [0.4, 0.5) is 0 Å². The summed E-state index contributed by atoms with van der Waals surface area (Å²) in [5.74, 6) is 0.247. The number of aryl methyl sites for hydroxylation is 1. The molecule has 0 aliphatic rings. The lowest BCUT2D eigenvalue weighted by molar-refractivity contribution is -0.123. The third kappa shape index (κ3) is 8.88. The smallest absolute Gasteiger partial charge is 0.258 e. The van der Waals surface area contributed by atoms with Crippen LogP contribution in [0, 0.1) is 6.92 Å². The topological polar surface area (TPSA) is 130 Å². The number of nitrogens with one attached hydrogen (secondary N) is 2. The van der Waals surface area contributed by atoms with Crippen LogP contribution in [0.25, 0.3) is 0 Å². The number of benzene rings is 3. The molecule has 0 spiro atoms. The fourth-order valence-electron chi connectivity index (χ4n) is 3.70. The van der Waals surface area contributed by atoms with Gasteiger partial charge in [0.05, 0.1) is 30.5 Å². The molecule has 0 unspecified atom stereocenters. The van der Waals surface area contributed by atoms with Crippen LogP contribution >= 0.6 is 0 Å². The molecule has 0 saturated carbocycles. The third-order valence-electron chi connectivity index (χ3n) is 5.87. The van der Waals surface area contributed by atoms with Gasteiger partial charge in [-0.3, -0.25) is 9.59 Å². The lowest BCUT2D eigenvalue weighted by Crippen LogP contribution is -2.39. The maximum Gasteiger partial charge on any atom is 0.258 e. The minimum atomic E-state index is -3.95. The predicted octanol–water partition coefficient (Wildman–Crippen LogP) is 3.62. The average molecular weight is 575 g/mol. The van der Waals surface area contributed by atoms with E-state index in [1.54, 1.807) is 60.7 Å². The van der Waals surface area contributed by atoms with Gasteiger partial charge in [0.25, 0.3) is 11.8 Å². The number of carbonyl (C=O) groups is 2. The van der Waals surface area contributed by atoms with Crippen LogP contribution in [0.3, 0.4) is 0 Å². The van der Waals surface area contributed by atoms with E-state index in [4.69, 9.17) is 9.15 Å². The maximum atomic E-state index is 13.4. The van der Waals surface area contributed by atoms with Gasteiger partial charge in [-0.1, -0.05) is 48.0 Å². The highest BCUT2D eigenvalue weighted by Gasteiger charge is 2.26. The van der Waals surface area contributed by atoms with Crippen molar-refractivity contribution < 1.29 is 27.2 Å². The Labute approximate surface area is 238 Å². The van der Waals surface area contributed by atoms with Gasteiger partial charge in [-0.2, -0.15) is 9.41 Å². The first-order valence-corrected chi connectivity index (χ1v) is 14.2. The van der Waals surface area contributed by atoms with Gasteiger partial charge in [0, 0.05) is 6.54 Å². The van der Waals surface area contributed by atoms with Gasteiger partial charge in [-0.25, -0.2) is 13.8 Å². The second kappa shape index (κ2) is 14.1. The van der Waals surface area contributed by atoms with E-state index < -0.39 is 22.5 Å². The molecule has 0 saturated heterocycles. The first-order valence-electron chi connectivity index (χ1n) is 12.7. The van der Waals surface area contributed by atoms with Crippen LogP contribution in [0.1, 0.15) is 22.5 Å². The number of carbonyl (C=O) groups excluding carboxylic acids is 2. The van der Waals surface area contributed by atoms with Gasteiger partial charge in [-0.15, -0.1) is 0 Å². The van der Waals surface area contributed by atoms with Crippen LogP contribution in [-0.4, -0.2) is 43.9 Å². The SMILES string of the molecule is Cc1ccc(S(=O)(=O)N(CC(=O)N/N=C/c2ccc(OCC(=O)NCc3ccco3)cc2)Cc2ccccc2)cc1. The zero-order valence-electron chi connectivity index (χ0n) is 22.4. The number of amides is 2. The van der Waals surface area contributed by atoms with Crippen LogP contribution in [0.2, 0.25) is 0 Å². The van der Waals surface area contributed by atoms with E-state index in [9.17, 15) is 18.0 Å². The van der Waals surface area contributed by atoms with E-state index in [2.05, 4.69) is 15.8 Å². The summed E-state index contributed by atoms with van der Waals surface area (Å²) in [6.07, 6.45) is 2.96. The largest absolute Gasteiger partial charge is 0.484 e. The quantitative estimate of drug-likeness (QED) is 0.185. The van der Waals surface area contributed by atoms with E-state index in [-0.39, 0.29) is 30.5 Å². The highest BCUT2D eigenvalue weighted by molar-refractivity contribution is 7.89. The van der Waals surface area contributed by atoms with Crippen molar-refractivity contribution >= 4 is 28.1 Å². The van der Waals surface area contributed by atoms with Crippen molar-refractivity contribution in [3.05, 3.63) is 120 Å². The third-order valence-corrected chi connectivity index (χ3v) is 7.68. The second-order valence-electron chi connectivity index (χ2n) is 9.08. The Kier molecular flexibility index (Phi) is 10.0. The summed E-state index contributed by atoms with van der Waals surface area (Å²) >= 11 is 0. The summed E-state index contributed by atoms with van der Waals surface area (Å²) in [6.45, 7) is 1.59. The van der Waals surface area contributed by atoms with Crippen molar-refractivity contribution in [1.82, 2.24) is 15.0 Å². The zero-order valence-corrected chi connectivity index (χ0v) is 23.2. The molecule has 41 heavy (non-hydrogen) atoms. The van der Waals surface area contributed by atoms with Crippen LogP contribution in [0.15, 0.2) is 112 Å². The number of hydrogen-bond donors (Lipinski definition) is 2. The molecule has 3 aromatic carbocycles. The number of furan rings is 1. The standard InChI is InChI=1S/C30H30N4O6S/c1-23-9-15-28(16-10-23)41(37,38)34(20-25-6-3-2-4-7-25)21-29(35)33-32-18-24-11-13-26(14-12-24)40-22-30(36)31-19-27-8-5-17-39-27/h2-18H,19-22H2,1H3,(H,31,36)(H,33,35)/b32-18+. The lowest BCUT2D eigenvalue weighted by Gasteiger charge is -2.21. The number of hydrazone groups is 1. The van der Waals surface area contributed by atoms with Gasteiger partial charge in [0.1, 0.15) is 11.5 Å². The average Bonchev–Trinajstić information content (AvgIpc) is 3.50. The Morgan fingerprint density at radius 1 is 0.927 bits per heavy atom. The number of sulfonamides is 1. The first kappa shape index (κ1) is 29.2. The Balaban J connectivity index is 1.31. The van der Waals surface area contributed by atoms with Crippen molar-refractivity contribution in [2.45, 2.75) is 24.9 Å². The molecular weight excluding hydrogens is 544 g/mol.